The van der Waals surface area contributed by atoms with Crippen LogP contribution in [0, 0.1) is 0 Å². The van der Waals surface area contributed by atoms with E-state index in [1.165, 1.54) is 11.1 Å². The first kappa shape index (κ1) is 21.7. The van der Waals surface area contributed by atoms with Crippen molar-refractivity contribution >= 4 is 5.69 Å². The number of ether oxygens (including phenoxy) is 3. The van der Waals surface area contributed by atoms with E-state index in [1.54, 1.807) is 7.11 Å². The minimum atomic E-state index is -0.453. The van der Waals surface area contributed by atoms with Crippen molar-refractivity contribution in [1.82, 2.24) is 0 Å². The Morgan fingerprint density at radius 3 is 2.34 bits per heavy atom. The second-order valence-corrected chi connectivity index (χ2v) is 9.29. The number of hydrogen-bond donors (Lipinski definition) is 1. The summed E-state index contributed by atoms with van der Waals surface area (Å²) in [6.07, 6.45) is -0.327. The van der Waals surface area contributed by atoms with Gasteiger partial charge in [0.25, 0.3) is 0 Å². The van der Waals surface area contributed by atoms with Crippen LogP contribution in [0.5, 0.6) is 5.75 Å². The van der Waals surface area contributed by atoms with Gasteiger partial charge in [-0.25, -0.2) is 0 Å². The van der Waals surface area contributed by atoms with Gasteiger partial charge in [0.1, 0.15) is 23.6 Å². The number of hydrogen-bond acceptors (Lipinski definition) is 4. The number of rotatable bonds is 6. The summed E-state index contributed by atoms with van der Waals surface area (Å²) in [5.41, 5.74) is 4.40. The van der Waals surface area contributed by atoms with Gasteiger partial charge < -0.3 is 19.5 Å². The van der Waals surface area contributed by atoms with Crippen molar-refractivity contribution < 1.29 is 14.2 Å². The second kappa shape index (κ2) is 8.37. The minimum absolute atomic E-state index is 0.156. The molecule has 0 aliphatic carbocycles. The summed E-state index contributed by atoms with van der Waals surface area (Å²) in [4.78, 5) is 0. The number of anilines is 1. The molecule has 29 heavy (non-hydrogen) atoms. The quantitative estimate of drug-likeness (QED) is 0.663. The second-order valence-electron chi connectivity index (χ2n) is 9.29. The Balaban J connectivity index is 1.78. The first-order chi connectivity index (χ1) is 13.7. The Hall–Kier alpha value is -2.04. The maximum atomic E-state index is 6.23. The van der Waals surface area contributed by atoms with Gasteiger partial charge in [-0.3, -0.25) is 0 Å². The average Bonchev–Trinajstić information content (AvgIpc) is 2.66. The molecule has 0 fully saturated rings. The first-order valence-electron chi connectivity index (χ1n) is 10.5. The molecule has 4 nitrogen and oxygen atoms in total. The maximum Gasteiger partial charge on any atom is 0.132 e. The van der Waals surface area contributed by atoms with E-state index >= 15 is 0 Å². The molecule has 158 valence electrons. The van der Waals surface area contributed by atoms with Gasteiger partial charge in [0, 0.05) is 31.5 Å². The van der Waals surface area contributed by atoms with E-state index in [9.17, 15) is 0 Å². The van der Waals surface area contributed by atoms with Gasteiger partial charge in [0.05, 0.1) is 0 Å². The highest BCUT2D eigenvalue weighted by Crippen LogP contribution is 2.44. The largest absolute Gasteiger partial charge is 0.485 e. The number of methoxy groups -OCH3 is 1. The van der Waals surface area contributed by atoms with E-state index in [1.807, 2.05) is 26.8 Å². The third-order valence-corrected chi connectivity index (χ3v) is 5.57. The molecule has 2 atom stereocenters. The standard InChI is InChI=1S/C25H35NO3/c1-8-28-22-20-15-19(13-14-21(20)29-25(5,6)23(22)27-7)26-16-17-9-11-18(12-10-17)24(2,3)4/h9-15,22-23,26H,8,16H2,1-7H3. The minimum Gasteiger partial charge on any atom is -0.485 e. The molecule has 1 aliphatic rings. The van der Waals surface area contributed by atoms with Gasteiger partial charge in [-0.05, 0) is 55.5 Å². The Kier molecular flexibility index (Phi) is 6.25. The fourth-order valence-electron chi connectivity index (χ4n) is 3.93. The van der Waals surface area contributed by atoms with Crippen molar-refractivity contribution in [2.75, 3.05) is 19.0 Å². The summed E-state index contributed by atoms with van der Waals surface area (Å²) in [5, 5.41) is 3.53. The molecule has 0 spiro atoms. The Morgan fingerprint density at radius 1 is 1.07 bits per heavy atom. The van der Waals surface area contributed by atoms with E-state index in [0.29, 0.717) is 6.61 Å². The molecule has 2 unspecified atom stereocenters. The van der Waals surface area contributed by atoms with E-state index in [2.05, 4.69) is 62.5 Å². The number of benzene rings is 2. The highest BCUT2D eigenvalue weighted by atomic mass is 16.6. The Labute approximate surface area is 175 Å². The van der Waals surface area contributed by atoms with Gasteiger partial charge in [-0.15, -0.1) is 0 Å². The third kappa shape index (κ3) is 4.76. The van der Waals surface area contributed by atoms with E-state index in [-0.39, 0.29) is 17.6 Å². The lowest BCUT2D eigenvalue weighted by molar-refractivity contribution is -0.148. The molecule has 4 heteroatoms. The molecule has 0 bridgehead atoms. The van der Waals surface area contributed by atoms with Gasteiger partial charge in [0.15, 0.2) is 0 Å². The van der Waals surface area contributed by atoms with Crippen LogP contribution in [0.15, 0.2) is 42.5 Å². The first-order valence-corrected chi connectivity index (χ1v) is 10.5. The fourth-order valence-corrected chi connectivity index (χ4v) is 3.93. The lowest BCUT2D eigenvalue weighted by Gasteiger charge is -2.43. The molecule has 0 amide bonds. The third-order valence-electron chi connectivity index (χ3n) is 5.57. The van der Waals surface area contributed by atoms with Crippen LogP contribution in [-0.2, 0) is 21.4 Å². The normalized spacial score (nSPS) is 20.7. The summed E-state index contributed by atoms with van der Waals surface area (Å²) in [5.74, 6) is 0.863. The van der Waals surface area contributed by atoms with Crippen LogP contribution in [0.4, 0.5) is 5.69 Å². The molecular formula is C25H35NO3. The molecule has 0 saturated heterocycles. The summed E-state index contributed by atoms with van der Waals surface area (Å²) in [6.45, 7) is 14.2. The topological polar surface area (TPSA) is 39.7 Å². The van der Waals surface area contributed by atoms with Crippen molar-refractivity contribution in [3.05, 3.63) is 59.2 Å². The molecule has 1 N–H and O–H groups in total. The van der Waals surface area contributed by atoms with Crippen LogP contribution in [-0.4, -0.2) is 25.4 Å². The van der Waals surface area contributed by atoms with Gasteiger partial charge in [0.2, 0.25) is 0 Å². The highest BCUT2D eigenvalue weighted by Gasteiger charge is 2.45. The van der Waals surface area contributed by atoms with Crippen LogP contribution >= 0.6 is 0 Å². The number of nitrogens with one attached hydrogen (secondary N) is 1. The molecule has 1 heterocycles. The fraction of sp³-hybridized carbons (Fsp3) is 0.520. The Morgan fingerprint density at radius 2 is 1.76 bits per heavy atom. The zero-order valence-corrected chi connectivity index (χ0v) is 18.8. The van der Waals surface area contributed by atoms with Crippen LogP contribution in [0.25, 0.3) is 0 Å². The predicted octanol–water partition coefficient (Wildman–Crippen LogP) is 5.86. The van der Waals surface area contributed by atoms with Crippen LogP contribution in [0.1, 0.15) is 64.3 Å². The van der Waals surface area contributed by atoms with E-state index in [0.717, 1.165) is 23.5 Å². The maximum absolute atomic E-state index is 6.23. The summed E-state index contributed by atoms with van der Waals surface area (Å²) < 4.78 is 18.1. The average molecular weight is 398 g/mol. The van der Waals surface area contributed by atoms with Gasteiger partial charge >= 0.3 is 0 Å². The zero-order valence-electron chi connectivity index (χ0n) is 18.8. The zero-order chi connectivity index (χ0) is 21.2. The molecular weight excluding hydrogens is 362 g/mol. The molecule has 2 aromatic carbocycles. The van der Waals surface area contributed by atoms with Crippen molar-refractivity contribution in [2.24, 2.45) is 0 Å². The van der Waals surface area contributed by atoms with E-state index in [4.69, 9.17) is 14.2 Å². The smallest absolute Gasteiger partial charge is 0.132 e. The monoisotopic (exact) mass is 397 g/mol. The van der Waals surface area contributed by atoms with Crippen LogP contribution in [0.3, 0.4) is 0 Å². The van der Waals surface area contributed by atoms with Crippen LogP contribution in [0.2, 0.25) is 0 Å². The van der Waals surface area contributed by atoms with Crippen molar-refractivity contribution in [1.29, 1.82) is 0 Å². The van der Waals surface area contributed by atoms with Gasteiger partial charge in [-0.2, -0.15) is 0 Å². The van der Waals surface area contributed by atoms with Gasteiger partial charge in [-0.1, -0.05) is 45.0 Å². The molecule has 3 rings (SSSR count). The van der Waals surface area contributed by atoms with Crippen LogP contribution < -0.4 is 10.1 Å². The lowest BCUT2D eigenvalue weighted by atomic mass is 9.87. The Bertz CT molecular complexity index is 821. The molecule has 0 saturated carbocycles. The van der Waals surface area contributed by atoms with E-state index < -0.39 is 5.60 Å². The van der Waals surface area contributed by atoms with Crippen molar-refractivity contribution in [3.63, 3.8) is 0 Å². The summed E-state index contributed by atoms with van der Waals surface area (Å²) in [6, 6.07) is 15.0. The molecule has 1 aliphatic heterocycles. The number of fused-ring (bicyclic) bond motifs is 1. The molecule has 0 radical (unpaired) electrons. The van der Waals surface area contributed by atoms with Crippen molar-refractivity contribution in [2.45, 2.75) is 71.3 Å². The predicted molar refractivity (Wildman–Crippen MR) is 119 cm³/mol. The summed E-state index contributed by atoms with van der Waals surface area (Å²) in [7, 11) is 1.72. The molecule has 0 aromatic heterocycles. The molecule has 2 aromatic rings. The van der Waals surface area contributed by atoms with Crippen molar-refractivity contribution in [3.8, 4) is 5.75 Å². The summed E-state index contributed by atoms with van der Waals surface area (Å²) >= 11 is 0. The SMILES string of the molecule is CCOC1c2cc(NCc3ccc(C(C)(C)C)cc3)ccc2OC(C)(C)C1OC. The lowest BCUT2D eigenvalue weighted by Crippen LogP contribution is -2.50. The highest BCUT2D eigenvalue weighted by molar-refractivity contribution is 5.54.